The summed E-state index contributed by atoms with van der Waals surface area (Å²) in [5, 5.41) is 0. The largest absolute Gasteiger partial charge is 0.369 e. The van der Waals surface area contributed by atoms with Gasteiger partial charge in [-0.15, -0.1) is 0 Å². The molecule has 1 radical (unpaired) electrons. The maximum Gasteiger partial charge on any atom is 0.0873 e. The van der Waals surface area contributed by atoms with E-state index in [-0.39, 0.29) is 0 Å². The van der Waals surface area contributed by atoms with E-state index in [1.165, 1.54) is 32.1 Å². The van der Waals surface area contributed by atoms with Crippen molar-refractivity contribution >= 4 is 0 Å². The van der Waals surface area contributed by atoms with Gasteiger partial charge in [-0.05, 0) is 12.8 Å². The molecule has 1 aliphatic heterocycles. The summed E-state index contributed by atoms with van der Waals surface area (Å²) >= 11 is 0. The van der Waals surface area contributed by atoms with E-state index in [0.717, 1.165) is 0 Å². The molecule has 0 unspecified atom stereocenters. The lowest BCUT2D eigenvalue weighted by molar-refractivity contribution is -0.0911. The zero-order valence-electron chi connectivity index (χ0n) is 5.02. The summed E-state index contributed by atoms with van der Waals surface area (Å²) in [6.45, 7) is 1.94. The Bertz CT molecular complexity index is 86.6. The average molecular weight is 111 g/mol. The van der Waals surface area contributed by atoms with Gasteiger partial charge in [0.05, 0.1) is 12.2 Å². The van der Waals surface area contributed by atoms with Gasteiger partial charge in [0.25, 0.3) is 0 Å². The first-order valence-corrected chi connectivity index (χ1v) is 3.41. The van der Waals surface area contributed by atoms with E-state index < -0.39 is 0 Å². The van der Waals surface area contributed by atoms with Crippen LogP contribution in [0.3, 0.4) is 0 Å². The topological polar surface area (TPSA) is 9.23 Å². The SMILES string of the molecule is [CH]1CC2(CCCC2)O1. The molecule has 2 rings (SSSR count). The number of hydrogen-bond donors (Lipinski definition) is 0. The standard InChI is InChI=1S/C7H11O/c1-2-4-7(3-1)5-6-8-7/h6H,1-5H2. The molecule has 0 amide bonds. The molecule has 0 bridgehead atoms. The van der Waals surface area contributed by atoms with Crippen LogP contribution in [-0.2, 0) is 4.74 Å². The number of ether oxygens (including phenoxy) is 1. The van der Waals surface area contributed by atoms with E-state index in [4.69, 9.17) is 4.74 Å². The minimum atomic E-state index is 0.361. The van der Waals surface area contributed by atoms with Gasteiger partial charge in [0.1, 0.15) is 0 Å². The van der Waals surface area contributed by atoms with Crippen molar-refractivity contribution in [1.29, 1.82) is 0 Å². The molecular weight excluding hydrogens is 100 g/mol. The minimum absolute atomic E-state index is 0.361. The Morgan fingerprint density at radius 3 is 2.12 bits per heavy atom. The van der Waals surface area contributed by atoms with Gasteiger partial charge in [-0.3, -0.25) is 0 Å². The second-order valence-electron chi connectivity index (χ2n) is 2.88. The van der Waals surface area contributed by atoms with Crippen LogP contribution in [0.25, 0.3) is 0 Å². The lowest BCUT2D eigenvalue weighted by Gasteiger charge is -2.37. The Balaban J connectivity index is 2.01. The second-order valence-corrected chi connectivity index (χ2v) is 2.88. The fourth-order valence-corrected chi connectivity index (χ4v) is 1.66. The van der Waals surface area contributed by atoms with Gasteiger partial charge in [0.15, 0.2) is 0 Å². The molecule has 1 nitrogen and oxygen atoms in total. The molecule has 1 saturated heterocycles. The van der Waals surface area contributed by atoms with Gasteiger partial charge < -0.3 is 4.74 Å². The fraction of sp³-hybridized carbons (Fsp3) is 0.857. The average Bonchev–Trinajstić information content (AvgIpc) is 2.07. The molecule has 1 heterocycles. The maximum atomic E-state index is 5.35. The van der Waals surface area contributed by atoms with Gasteiger partial charge >= 0.3 is 0 Å². The quantitative estimate of drug-likeness (QED) is 0.463. The van der Waals surface area contributed by atoms with Crippen molar-refractivity contribution in [2.75, 3.05) is 0 Å². The van der Waals surface area contributed by atoms with Gasteiger partial charge in [0.2, 0.25) is 0 Å². The van der Waals surface area contributed by atoms with E-state index in [9.17, 15) is 0 Å². The molecule has 1 saturated carbocycles. The van der Waals surface area contributed by atoms with Crippen molar-refractivity contribution in [1.82, 2.24) is 0 Å². The third-order valence-electron chi connectivity index (χ3n) is 2.30. The zero-order chi connectivity index (χ0) is 5.45. The maximum absolute atomic E-state index is 5.35. The van der Waals surface area contributed by atoms with Crippen LogP contribution in [0.2, 0.25) is 0 Å². The van der Waals surface area contributed by atoms with Crippen LogP contribution in [0.1, 0.15) is 32.1 Å². The minimum Gasteiger partial charge on any atom is -0.369 e. The highest BCUT2D eigenvalue weighted by Crippen LogP contribution is 2.43. The Morgan fingerprint density at radius 1 is 1.25 bits per heavy atom. The summed E-state index contributed by atoms with van der Waals surface area (Å²) in [7, 11) is 0. The Labute approximate surface area is 50.0 Å². The number of rotatable bonds is 0. The summed E-state index contributed by atoms with van der Waals surface area (Å²) in [6, 6.07) is 0. The summed E-state index contributed by atoms with van der Waals surface area (Å²) in [5.41, 5.74) is 0.361. The molecule has 0 N–H and O–H groups in total. The van der Waals surface area contributed by atoms with Crippen LogP contribution in [0.15, 0.2) is 0 Å². The Kier molecular flexibility index (Phi) is 0.884. The molecule has 0 aromatic carbocycles. The highest BCUT2D eigenvalue weighted by atomic mass is 16.5. The highest BCUT2D eigenvalue weighted by Gasteiger charge is 2.40. The fourth-order valence-electron chi connectivity index (χ4n) is 1.66. The Hall–Kier alpha value is -0.0400. The zero-order valence-corrected chi connectivity index (χ0v) is 5.02. The van der Waals surface area contributed by atoms with E-state index in [1.54, 1.807) is 0 Å². The van der Waals surface area contributed by atoms with Crippen molar-refractivity contribution in [3.05, 3.63) is 6.61 Å². The molecule has 0 atom stereocenters. The van der Waals surface area contributed by atoms with Crippen LogP contribution >= 0.6 is 0 Å². The van der Waals surface area contributed by atoms with Crippen LogP contribution in [-0.4, -0.2) is 5.60 Å². The van der Waals surface area contributed by atoms with Crippen LogP contribution in [0.5, 0.6) is 0 Å². The molecule has 1 aliphatic carbocycles. The van der Waals surface area contributed by atoms with Gasteiger partial charge in [-0.1, -0.05) is 12.8 Å². The summed E-state index contributed by atoms with van der Waals surface area (Å²) in [5.74, 6) is 0. The van der Waals surface area contributed by atoms with Gasteiger partial charge in [-0.2, -0.15) is 0 Å². The van der Waals surface area contributed by atoms with Gasteiger partial charge in [0, 0.05) is 6.42 Å². The molecule has 45 valence electrons. The first-order valence-electron chi connectivity index (χ1n) is 3.41. The normalized spacial score (nSPS) is 33.0. The predicted octanol–water partition coefficient (Wildman–Crippen LogP) is 1.88. The molecular formula is C7H11O. The molecule has 1 spiro atoms. The molecule has 0 aromatic rings. The first-order chi connectivity index (χ1) is 3.91. The van der Waals surface area contributed by atoms with Crippen molar-refractivity contribution < 1.29 is 4.74 Å². The van der Waals surface area contributed by atoms with E-state index in [2.05, 4.69) is 0 Å². The molecule has 1 heteroatoms. The van der Waals surface area contributed by atoms with E-state index in [1.807, 2.05) is 6.61 Å². The summed E-state index contributed by atoms with van der Waals surface area (Å²) in [6.07, 6.45) is 6.60. The monoisotopic (exact) mass is 111 g/mol. The third kappa shape index (κ3) is 0.510. The lowest BCUT2D eigenvalue weighted by Crippen LogP contribution is -2.37. The van der Waals surface area contributed by atoms with Crippen LogP contribution < -0.4 is 0 Å². The third-order valence-corrected chi connectivity index (χ3v) is 2.30. The van der Waals surface area contributed by atoms with Crippen molar-refractivity contribution in [2.45, 2.75) is 37.7 Å². The smallest absolute Gasteiger partial charge is 0.0873 e. The van der Waals surface area contributed by atoms with Crippen molar-refractivity contribution in [3.8, 4) is 0 Å². The van der Waals surface area contributed by atoms with E-state index in [0.29, 0.717) is 5.60 Å². The predicted molar refractivity (Wildman–Crippen MR) is 31.2 cm³/mol. The molecule has 8 heavy (non-hydrogen) atoms. The Morgan fingerprint density at radius 2 is 1.88 bits per heavy atom. The van der Waals surface area contributed by atoms with E-state index >= 15 is 0 Å². The van der Waals surface area contributed by atoms with Crippen molar-refractivity contribution in [3.63, 3.8) is 0 Å². The first kappa shape index (κ1) is 4.80. The highest BCUT2D eigenvalue weighted by molar-refractivity contribution is 4.96. The molecule has 2 aliphatic rings. The van der Waals surface area contributed by atoms with Crippen molar-refractivity contribution in [2.24, 2.45) is 0 Å². The second kappa shape index (κ2) is 1.47. The van der Waals surface area contributed by atoms with Gasteiger partial charge in [-0.25, -0.2) is 0 Å². The molecule has 0 aromatic heterocycles. The lowest BCUT2D eigenvalue weighted by atomic mass is 9.93. The molecule has 2 fully saturated rings. The summed E-state index contributed by atoms with van der Waals surface area (Å²) in [4.78, 5) is 0. The summed E-state index contributed by atoms with van der Waals surface area (Å²) < 4.78 is 5.35. The van der Waals surface area contributed by atoms with Crippen LogP contribution in [0, 0.1) is 6.61 Å². The van der Waals surface area contributed by atoms with Crippen LogP contribution in [0.4, 0.5) is 0 Å². The number of hydrogen-bond acceptors (Lipinski definition) is 1.